The maximum atomic E-state index is 12.8. The van der Waals surface area contributed by atoms with Crippen LogP contribution in [0.2, 0.25) is 0 Å². The predicted molar refractivity (Wildman–Crippen MR) is 144 cm³/mol. The van der Waals surface area contributed by atoms with Gasteiger partial charge in [0, 0.05) is 31.8 Å². The second-order valence-corrected chi connectivity index (χ2v) is 9.75. The van der Waals surface area contributed by atoms with Crippen molar-refractivity contribution >= 4 is 29.3 Å². The molecule has 2 amide bonds. The van der Waals surface area contributed by atoms with E-state index in [1.807, 2.05) is 22.8 Å². The van der Waals surface area contributed by atoms with Crippen LogP contribution in [0.1, 0.15) is 32.9 Å². The summed E-state index contributed by atoms with van der Waals surface area (Å²) in [5, 5.41) is 12.4. The van der Waals surface area contributed by atoms with Gasteiger partial charge in [-0.25, -0.2) is 0 Å². The van der Waals surface area contributed by atoms with E-state index in [0.717, 1.165) is 22.6 Å². The van der Waals surface area contributed by atoms with Gasteiger partial charge in [-0.3, -0.25) is 14.2 Å². The van der Waals surface area contributed by atoms with Crippen LogP contribution in [0.3, 0.4) is 0 Å². The molecule has 36 heavy (non-hydrogen) atoms. The molecule has 0 aliphatic heterocycles. The molecule has 3 aromatic carbocycles. The monoisotopic (exact) mass is 499 g/mol. The number of benzene rings is 3. The Bertz CT molecular complexity index is 1380. The number of anilines is 1. The predicted octanol–water partition coefficient (Wildman–Crippen LogP) is 4.91. The molecule has 1 heterocycles. The zero-order chi connectivity index (χ0) is 25.7. The number of aryl methyl sites for hydroxylation is 2. The zero-order valence-corrected chi connectivity index (χ0v) is 21.7. The molecule has 8 heteroatoms. The lowest BCUT2D eigenvalue weighted by Crippen LogP contribution is -2.22. The van der Waals surface area contributed by atoms with Gasteiger partial charge in [0.15, 0.2) is 5.16 Å². The Morgan fingerprint density at radius 2 is 1.72 bits per heavy atom. The molecule has 4 rings (SSSR count). The smallest absolute Gasteiger partial charge is 0.253 e. The molecule has 1 N–H and O–H groups in total. The average molecular weight is 500 g/mol. The first-order valence-corrected chi connectivity index (χ1v) is 12.6. The van der Waals surface area contributed by atoms with Crippen LogP contribution in [-0.4, -0.2) is 51.3 Å². The first-order chi connectivity index (χ1) is 17.3. The molecule has 0 aliphatic carbocycles. The normalized spacial score (nSPS) is 10.8. The fourth-order valence-corrected chi connectivity index (χ4v) is 4.66. The van der Waals surface area contributed by atoms with E-state index in [9.17, 15) is 9.59 Å². The summed E-state index contributed by atoms with van der Waals surface area (Å²) in [5.41, 5.74) is 5.52. The molecule has 4 aromatic rings. The zero-order valence-electron chi connectivity index (χ0n) is 20.9. The van der Waals surface area contributed by atoms with Crippen LogP contribution >= 0.6 is 11.8 Å². The number of hydrogen-bond acceptors (Lipinski definition) is 5. The fourth-order valence-electron chi connectivity index (χ4n) is 3.90. The maximum absolute atomic E-state index is 12.8. The SMILES string of the molecule is Cc1ccc(-n2c(Cc3ccccc3)nnc2SCC(=O)Nc2cccc(C(=O)N(C)C)c2)c(C)c1. The van der Waals surface area contributed by atoms with Crippen LogP contribution in [-0.2, 0) is 11.2 Å². The molecular weight excluding hydrogens is 470 g/mol. The van der Waals surface area contributed by atoms with Gasteiger partial charge in [0.05, 0.1) is 11.4 Å². The van der Waals surface area contributed by atoms with Crippen LogP contribution in [0, 0.1) is 13.8 Å². The Labute approximate surface area is 215 Å². The van der Waals surface area contributed by atoms with Crippen LogP contribution in [0.15, 0.2) is 78.0 Å². The molecule has 0 aliphatic rings. The van der Waals surface area contributed by atoms with E-state index in [-0.39, 0.29) is 17.6 Å². The minimum absolute atomic E-state index is 0.118. The Morgan fingerprint density at radius 3 is 2.44 bits per heavy atom. The number of hydrogen-bond donors (Lipinski definition) is 1. The number of carbonyl (C=O) groups excluding carboxylic acids is 2. The van der Waals surface area contributed by atoms with E-state index in [1.54, 1.807) is 38.4 Å². The summed E-state index contributed by atoms with van der Waals surface area (Å²) in [5.74, 6) is 0.661. The van der Waals surface area contributed by atoms with Crippen molar-refractivity contribution in [1.29, 1.82) is 0 Å². The summed E-state index contributed by atoms with van der Waals surface area (Å²) in [4.78, 5) is 26.5. The van der Waals surface area contributed by atoms with Gasteiger partial charge in [0.25, 0.3) is 5.91 Å². The molecule has 0 radical (unpaired) electrons. The molecule has 184 valence electrons. The second-order valence-electron chi connectivity index (χ2n) is 8.80. The summed E-state index contributed by atoms with van der Waals surface area (Å²) in [6.45, 7) is 4.13. The van der Waals surface area contributed by atoms with Crippen molar-refractivity contribution in [3.63, 3.8) is 0 Å². The van der Waals surface area contributed by atoms with Gasteiger partial charge in [-0.2, -0.15) is 0 Å². The Morgan fingerprint density at radius 1 is 0.944 bits per heavy atom. The molecule has 1 aromatic heterocycles. The third-order valence-electron chi connectivity index (χ3n) is 5.63. The first-order valence-electron chi connectivity index (χ1n) is 11.6. The minimum atomic E-state index is -0.186. The van der Waals surface area contributed by atoms with Crippen molar-refractivity contribution in [2.75, 3.05) is 25.2 Å². The number of thioether (sulfide) groups is 1. The van der Waals surface area contributed by atoms with Gasteiger partial charge in [-0.15, -0.1) is 10.2 Å². The average Bonchev–Trinajstić information content (AvgIpc) is 3.25. The number of carbonyl (C=O) groups is 2. The molecule has 0 unspecified atom stereocenters. The molecule has 0 spiro atoms. The van der Waals surface area contributed by atoms with Crippen molar-refractivity contribution in [2.24, 2.45) is 0 Å². The van der Waals surface area contributed by atoms with Crippen molar-refractivity contribution in [3.05, 3.63) is 101 Å². The highest BCUT2D eigenvalue weighted by Gasteiger charge is 2.18. The summed E-state index contributed by atoms with van der Waals surface area (Å²) >= 11 is 1.33. The van der Waals surface area contributed by atoms with E-state index in [4.69, 9.17) is 0 Å². The van der Waals surface area contributed by atoms with Gasteiger partial charge >= 0.3 is 0 Å². The molecular formula is C28H29N5O2S. The van der Waals surface area contributed by atoms with E-state index < -0.39 is 0 Å². The number of nitrogens with one attached hydrogen (secondary N) is 1. The largest absolute Gasteiger partial charge is 0.345 e. The molecule has 0 bridgehead atoms. The van der Waals surface area contributed by atoms with Crippen LogP contribution in [0.4, 0.5) is 5.69 Å². The summed E-state index contributed by atoms with van der Waals surface area (Å²) in [7, 11) is 3.39. The maximum Gasteiger partial charge on any atom is 0.253 e. The Kier molecular flexibility index (Phi) is 7.85. The summed E-state index contributed by atoms with van der Waals surface area (Å²) < 4.78 is 2.04. The highest BCUT2D eigenvalue weighted by Crippen LogP contribution is 2.26. The quantitative estimate of drug-likeness (QED) is 0.349. The molecule has 0 saturated carbocycles. The first kappa shape index (κ1) is 25.2. The van der Waals surface area contributed by atoms with Crippen molar-refractivity contribution in [2.45, 2.75) is 25.4 Å². The topological polar surface area (TPSA) is 80.1 Å². The van der Waals surface area contributed by atoms with Crippen molar-refractivity contribution in [3.8, 4) is 5.69 Å². The number of rotatable bonds is 8. The molecule has 0 saturated heterocycles. The van der Waals surface area contributed by atoms with E-state index in [2.05, 4.69) is 59.7 Å². The Balaban J connectivity index is 1.54. The van der Waals surface area contributed by atoms with Crippen molar-refractivity contribution < 1.29 is 9.59 Å². The van der Waals surface area contributed by atoms with Gasteiger partial charge in [0.2, 0.25) is 5.91 Å². The second kappa shape index (κ2) is 11.2. The number of aromatic nitrogens is 3. The lowest BCUT2D eigenvalue weighted by Gasteiger charge is -2.14. The van der Waals surface area contributed by atoms with Crippen LogP contribution in [0.25, 0.3) is 5.69 Å². The van der Waals surface area contributed by atoms with E-state index in [0.29, 0.717) is 22.8 Å². The van der Waals surface area contributed by atoms with Gasteiger partial charge in [-0.1, -0.05) is 65.9 Å². The number of nitrogens with zero attached hydrogens (tertiary/aromatic N) is 4. The standard InChI is InChI=1S/C28H29N5O2S/c1-19-13-14-24(20(2)15-19)33-25(16-21-9-6-5-7-10-21)30-31-28(33)36-18-26(34)29-23-12-8-11-22(17-23)27(35)32(3)4/h5-15,17H,16,18H2,1-4H3,(H,29,34). The Hall–Kier alpha value is -3.91. The lowest BCUT2D eigenvalue weighted by molar-refractivity contribution is -0.113. The van der Waals surface area contributed by atoms with Gasteiger partial charge in [0.1, 0.15) is 5.82 Å². The molecule has 0 atom stereocenters. The van der Waals surface area contributed by atoms with Crippen molar-refractivity contribution in [1.82, 2.24) is 19.7 Å². The minimum Gasteiger partial charge on any atom is -0.345 e. The van der Waals surface area contributed by atoms with E-state index in [1.165, 1.54) is 22.2 Å². The fraction of sp³-hybridized carbons (Fsp3) is 0.214. The van der Waals surface area contributed by atoms with Gasteiger partial charge in [-0.05, 0) is 49.2 Å². The third-order valence-corrected chi connectivity index (χ3v) is 6.56. The summed E-state index contributed by atoms with van der Waals surface area (Å²) in [6, 6.07) is 23.3. The molecule has 7 nitrogen and oxygen atoms in total. The molecule has 0 fully saturated rings. The summed E-state index contributed by atoms with van der Waals surface area (Å²) in [6.07, 6.45) is 0.626. The van der Waals surface area contributed by atoms with Crippen LogP contribution in [0.5, 0.6) is 0 Å². The van der Waals surface area contributed by atoms with Gasteiger partial charge < -0.3 is 10.2 Å². The van der Waals surface area contributed by atoms with E-state index >= 15 is 0 Å². The highest BCUT2D eigenvalue weighted by atomic mass is 32.2. The van der Waals surface area contributed by atoms with Crippen LogP contribution < -0.4 is 5.32 Å². The highest BCUT2D eigenvalue weighted by molar-refractivity contribution is 7.99. The number of amides is 2. The lowest BCUT2D eigenvalue weighted by atomic mass is 10.1. The third kappa shape index (κ3) is 6.01.